The van der Waals surface area contributed by atoms with Crippen molar-refractivity contribution in [3.8, 4) is 0 Å². The van der Waals surface area contributed by atoms with Crippen molar-refractivity contribution in [2.45, 2.75) is 47.1 Å². The van der Waals surface area contributed by atoms with Crippen molar-refractivity contribution in [2.75, 3.05) is 11.5 Å². The molecule has 3 nitrogen and oxygen atoms in total. The van der Waals surface area contributed by atoms with Crippen molar-refractivity contribution in [3.05, 3.63) is 34.4 Å². The van der Waals surface area contributed by atoms with E-state index in [1.54, 1.807) is 0 Å². The van der Waals surface area contributed by atoms with Gasteiger partial charge >= 0.3 is 5.97 Å². The molecule has 0 aliphatic heterocycles. The summed E-state index contributed by atoms with van der Waals surface area (Å²) in [4.78, 5) is 23.8. The molecule has 0 saturated heterocycles. The van der Waals surface area contributed by atoms with Crippen LogP contribution in [0.15, 0.2) is 12.1 Å². The van der Waals surface area contributed by atoms with Crippen LogP contribution in [0.4, 0.5) is 0 Å². The second kappa shape index (κ2) is 7.12. The fourth-order valence-electron chi connectivity index (χ4n) is 1.94. The number of hydrogen-bond donors (Lipinski definition) is 0. The highest BCUT2D eigenvalue weighted by molar-refractivity contribution is 8.00. The molecule has 0 spiro atoms. The molecule has 0 heterocycles. The molecule has 0 radical (unpaired) electrons. The summed E-state index contributed by atoms with van der Waals surface area (Å²) in [5.74, 6) is 0.274. The first-order valence-corrected chi connectivity index (χ1v) is 8.16. The van der Waals surface area contributed by atoms with Gasteiger partial charge in [-0.25, -0.2) is 0 Å². The molecular weight excluding hydrogens is 284 g/mol. The highest BCUT2D eigenvalue weighted by atomic mass is 32.2. The van der Waals surface area contributed by atoms with Crippen molar-refractivity contribution in [2.24, 2.45) is 0 Å². The predicted octanol–water partition coefficient (Wildman–Crippen LogP) is 3.87. The number of Topliss-reactive ketones (excluding diaryl/α,β-unsaturated/α-hetero) is 1. The fraction of sp³-hybridized carbons (Fsp3) is 0.529. The lowest BCUT2D eigenvalue weighted by molar-refractivity contribution is -0.151. The van der Waals surface area contributed by atoms with Gasteiger partial charge in [-0.15, -0.1) is 11.8 Å². The SMILES string of the molecule is Cc1cc(C)c(C(=O)CSCC(=O)OC(C)(C)C)cc1C. The van der Waals surface area contributed by atoms with E-state index >= 15 is 0 Å². The van der Waals surface area contributed by atoms with Crippen molar-refractivity contribution in [3.63, 3.8) is 0 Å². The average molecular weight is 308 g/mol. The van der Waals surface area contributed by atoms with Gasteiger partial charge in [-0.1, -0.05) is 6.07 Å². The van der Waals surface area contributed by atoms with E-state index < -0.39 is 5.60 Å². The Bertz CT molecular complexity index is 542. The fourth-order valence-corrected chi connectivity index (χ4v) is 2.61. The number of carbonyl (C=O) groups excluding carboxylic acids is 2. The van der Waals surface area contributed by atoms with Gasteiger partial charge in [-0.3, -0.25) is 9.59 Å². The minimum absolute atomic E-state index is 0.0594. The van der Waals surface area contributed by atoms with Gasteiger partial charge in [-0.05, 0) is 64.3 Å². The summed E-state index contributed by atoms with van der Waals surface area (Å²) in [5, 5.41) is 0. The lowest BCUT2D eigenvalue weighted by Crippen LogP contribution is -2.25. The molecule has 0 aliphatic carbocycles. The number of benzene rings is 1. The summed E-state index contributed by atoms with van der Waals surface area (Å²) in [6.45, 7) is 11.5. The molecule has 0 aromatic heterocycles. The second-order valence-electron chi connectivity index (χ2n) is 6.25. The van der Waals surface area contributed by atoms with Crippen LogP contribution in [-0.2, 0) is 9.53 Å². The minimum Gasteiger partial charge on any atom is -0.459 e. The number of aryl methyl sites for hydroxylation is 3. The summed E-state index contributed by atoms with van der Waals surface area (Å²) < 4.78 is 5.21. The molecular formula is C17H24O3S. The van der Waals surface area contributed by atoms with Gasteiger partial charge in [0.2, 0.25) is 0 Å². The lowest BCUT2D eigenvalue weighted by atomic mass is 9.99. The van der Waals surface area contributed by atoms with E-state index in [9.17, 15) is 9.59 Å². The summed E-state index contributed by atoms with van der Waals surface area (Å²) >= 11 is 1.30. The molecule has 1 aromatic rings. The maximum absolute atomic E-state index is 12.2. The van der Waals surface area contributed by atoms with E-state index in [4.69, 9.17) is 4.74 Å². The molecule has 116 valence electrons. The average Bonchev–Trinajstić information content (AvgIpc) is 2.31. The topological polar surface area (TPSA) is 43.4 Å². The maximum atomic E-state index is 12.2. The van der Waals surface area contributed by atoms with Crippen LogP contribution in [0.25, 0.3) is 0 Å². The van der Waals surface area contributed by atoms with E-state index in [0.717, 1.165) is 16.7 Å². The predicted molar refractivity (Wildman–Crippen MR) is 88.2 cm³/mol. The van der Waals surface area contributed by atoms with Gasteiger partial charge in [0.25, 0.3) is 0 Å². The van der Waals surface area contributed by atoms with Gasteiger partial charge in [-0.2, -0.15) is 0 Å². The third-order valence-electron chi connectivity index (χ3n) is 3.01. The maximum Gasteiger partial charge on any atom is 0.316 e. The molecule has 1 rings (SSSR count). The Morgan fingerprint density at radius 3 is 2.14 bits per heavy atom. The molecule has 4 heteroatoms. The summed E-state index contributed by atoms with van der Waals surface area (Å²) in [5.41, 5.74) is 3.55. The summed E-state index contributed by atoms with van der Waals surface area (Å²) in [6.07, 6.45) is 0. The Morgan fingerprint density at radius 1 is 1.00 bits per heavy atom. The van der Waals surface area contributed by atoms with Gasteiger partial charge < -0.3 is 4.74 Å². The van der Waals surface area contributed by atoms with E-state index in [1.807, 2.05) is 53.7 Å². The minimum atomic E-state index is -0.480. The zero-order valence-electron chi connectivity index (χ0n) is 13.7. The lowest BCUT2D eigenvalue weighted by Gasteiger charge is -2.19. The normalized spacial score (nSPS) is 11.3. The second-order valence-corrected chi connectivity index (χ2v) is 7.24. The quantitative estimate of drug-likeness (QED) is 0.612. The molecule has 0 aliphatic rings. The van der Waals surface area contributed by atoms with Crippen molar-refractivity contribution in [1.29, 1.82) is 0 Å². The third kappa shape index (κ3) is 5.92. The molecule has 0 bridgehead atoms. The molecule has 0 atom stereocenters. The Kier molecular flexibility index (Phi) is 6.02. The molecule has 0 fully saturated rings. The Hall–Kier alpha value is -1.29. The third-order valence-corrected chi connectivity index (χ3v) is 3.92. The number of thioether (sulfide) groups is 1. The number of esters is 1. The van der Waals surface area contributed by atoms with Crippen LogP contribution in [0.5, 0.6) is 0 Å². The van der Waals surface area contributed by atoms with Crippen LogP contribution in [0.2, 0.25) is 0 Å². The zero-order valence-corrected chi connectivity index (χ0v) is 14.5. The van der Waals surface area contributed by atoms with Gasteiger partial charge in [0.15, 0.2) is 5.78 Å². The van der Waals surface area contributed by atoms with E-state index in [1.165, 1.54) is 17.3 Å². The molecule has 21 heavy (non-hydrogen) atoms. The van der Waals surface area contributed by atoms with Crippen LogP contribution in [0.3, 0.4) is 0 Å². The van der Waals surface area contributed by atoms with Crippen molar-refractivity contribution < 1.29 is 14.3 Å². The summed E-state index contributed by atoms with van der Waals surface area (Å²) in [6, 6.07) is 3.96. The zero-order chi connectivity index (χ0) is 16.2. The van der Waals surface area contributed by atoms with Gasteiger partial charge in [0.05, 0.1) is 11.5 Å². The van der Waals surface area contributed by atoms with Crippen LogP contribution in [0, 0.1) is 20.8 Å². The largest absolute Gasteiger partial charge is 0.459 e. The first-order valence-electron chi connectivity index (χ1n) is 7.01. The standard InChI is InChI=1S/C17H24O3S/c1-11-7-13(3)14(8-12(11)2)15(18)9-21-10-16(19)20-17(4,5)6/h7-8H,9-10H2,1-6H3. The Balaban J connectivity index is 2.55. The first-order chi connectivity index (χ1) is 9.60. The van der Waals surface area contributed by atoms with E-state index in [-0.39, 0.29) is 17.5 Å². The van der Waals surface area contributed by atoms with Crippen molar-refractivity contribution >= 4 is 23.5 Å². The Labute approximate surface area is 131 Å². The van der Waals surface area contributed by atoms with Crippen LogP contribution >= 0.6 is 11.8 Å². The van der Waals surface area contributed by atoms with Gasteiger partial charge in [0, 0.05) is 5.56 Å². The van der Waals surface area contributed by atoms with Crippen molar-refractivity contribution in [1.82, 2.24) is 0 Å². The Morgan fingerprint density at radius 2 is 1.57 bits per heavy atom. The van der Waals surface area contributed by atoms with E-state index in [0.29, 0.717) is 5.75 Å². The number of ether oxygens (including phenoxy) is 1. The number of hydrogen-bond acceptors (Lipinski definition) is 4. The molecule has 0 unspecified atom stereocenters. The molecule has 0 amide bonds. The van der Waals surface area contributed by atoms with Crippen LogP contribution < -0.4 is 0 Å². The van der Waals surface area contributed by atoms with Crippen LogP contribution in [0.1, 0.15) is 47.8 Å². The molecule has 1 aromatic carbocycles. The molecule has 0 N–H and O–H groups in total. The summed E-state index contributed by atoms with van der Waals surface area (Å²) in [7, 11) is 0. The number of carbonyl (C=O) groups is 2. The number of ketones is 1. The molecule has 0 saturated carbocycles. The smallest absolute Gasteiger partial charge is 0.316 e. The van der Waals surface area contributed by atoms with Crippen LogP contribution in [-0.4, -0.2) is 28.9 Å². The monoisotopic (exact) mass is 308 g/mol. The van der Waals surface area contributed by atoms with E-state index in [2.05, 4.69) is 0 Å². The highest BCUT2D eigenvalue weighted by Crippen LogP contribution is 2.18. The first kappa shape index (κ1) is 17.8. The number of rotatable bonds is 5. The highest BCUT2D eigenvalue weighted by Gasteiger charge is 2.17. The van der Waals surface area contributed by atoms with Gasteiger partial charge in [0.1, 0.15) is 5.60 Å².